The Bertz CT molecular complexity index is 533. The molecule has 0 atom stereocenters. The standard InChI is InChI=1S/C10H10O3.C7H7/c1-8(10(11)12-2)13-9-6-4-3-5-7-9;1-7-5-3-2-4-6-7/h3-7H,1H2,2H3;2-6H,1H2. The molecule has 20 heavy (non-hydrogen) atoms. The SMILES string of the molecule is C=C(Oc1ccccc1)C(=O)OC.[CH2]c1ccccc1. The first-order chi connectivity index (χ1) is 9.63. The van der Waals surface area contributed by atoms with Crippen LogP contribution in [0.2, 0.25) is 0 Å². The number of carbonyl (C=O) groups is 1. The van der Waals surface area contributed by atoms with Crippen LogP contribution in [0.15, 0.2) is 73.0 Å². The fourth-order valence-corrected chi connectivity index (χ4v) is 1.26. The zero-order chi connectivity index (χ0) is 14.8. The summed E-state index contributed by atoms with van der Waals surface area (Å²) in [4.78, 5) is 10.9. The summed E-state index contributed by atoms with van der Waals surface area (Å²) in [6.45, 7) is 7.14. The number of rotatable bonds is 3. The van der Waals surface area contributed by atoms with Gasteiger partial charge in [0.05, 0.1) is 7.11 Å². The molecular weight excluding hydrogens is 252 g/mol. The average Bonchev–Trinajstić information content (AvgIpc) is 2.49. The lowest BCUT2D eigenvalue weighted by Gasteiger charge is -2.05. The van der Waals surface area contributed by atoms with Crippen molar-refractivity contribution in [1.29, 1.82) is 0 Å². The molecule has 0 saturated carbocycles. The normalized spacial score (nSPS) is 8.90. The van der Waals surface area contributed by atoms with Crippen LogP contribution in [0.5, 0.6) is 5.75 Å². The molecule has 0 aliphatic rings. The van der Waals surface area contributed by atoms with Gasteiger partial charge in [-0.05, 0) is 31.2 Å². The van der Waals surface area contributed by atoms with Crippen LogP contribution in [0.25, 0.3) is 0 Å². The summed E-state index contributed by atoms with van der Waals surface area (Å²) < 4.78 is 9.52. The van der Waals surface area contributed by atoms with Gasteiger partial charge in [0.2, 0.25) is 5.76 Å². The van der Waals surface area contributed by atoms with Gasteiger partial charge < -0.3 is 9.47 Å². The van der Waals surface area contributed by atoms with Gasteiger partial charge in [0.1, 0.15) is 5.75 Å². The highest BCUT2D eigenvalue weighted by Crippen LogP contribution is 2.12. The molecule has 2 rings (SSSR count). The largest absolute Gasteiger partial charge is 0.463 e. The summed E-state index contributed by atoms with van der Waals surface area (Å²) >= 11 is 0. The first-order valence-corrected chi connectivity index (χ1v) is 6.00. The second-order valence-corrected chi connectivity index (χ2v) is 3.82. The molecule has 0 aliphatic carbocycles. The van der Waals surface area contributed by atoms with Gasteiger partial charge in [0, 0.05) is 0 Å². The smallest absolute Gasteiger partial charge is 0.373 e. The van der Waals surface area contributed by atoms with Crippen molar-refractivity contribution in [2.24, 2.45) is 0 Å². The van der Waals surface area contributed by atoms with Crippen molar-refractivity contribution in [1.82, 2.24) is 0 Å². The maximum atomic E-state index is 10.9. The van der Waals surface area contributed by atoms with E-state index >= 15 is 0 Å². The van der Waals surface area contributed by atoms with Gasteiger partial charge in [-0.1, -0.05) is 48.5 Å². The molecule has 0 fully saturated rings. The van der Waals surface area contributed by atoms with E-state index in [0.717, 1.165) is 5.56 Å². The second-order valence-electron chi connectivity index (χ2n) is 3.82. The van der Waals surface area contributed by atoms with Crippen molar-refractivity contribution in [3.8, 4) is 5.75 Å². The third kappa shape index (κ3) is 5.87. The Hall–Kier alpha value is -2.55. The minimum absolute atomic E-state index is 0.0197. The van der Waals surface area contributed by atoms with E-state index in [-0.39, 0.29) is 5.76 Å². The van der Waals surface area contributed by atoms with Gasteiger partial charge in [0.25, 0.3) is 0 Å². The topological polar surface area (TPSA) is 35.5 Å². The van der Waals surface area contributed by atoms with Crippen molar-refractivity contribution in [2.45, 2.75) is 0 Å². The minimum Gasteiger partial charge on any atom is -0.463 e. The molecule has 2 aromatic rings. The van der Waals surface area contributed by atoms with Crippen molar-refractivity contribution in [3.05, 3.63) is 85.5 Å². The van der Waals surface area contributed by atoms with E-state index < -0.39 is 5.97 Å². The Balaban J connectivity index is 0.000000240. The zero-order valence-corrected chi connectivity index (χ0v) is 11.4. The number of hydrogen-bond acceptors (Lipinski definition) is 3. The third-order valence-electron chi connectivity index (χ3n) is 2.24. The Labute approximate surface area is 119 Å². The lowest BCUT2D eigenvalue weighted by molar-refractivity contribution is -0.138. The van der Waals surface area contributed by atoms with Crippen molar-refractivity contribution in [2.75, 3.05) is 7.11 Å². The molecular formula is C17H17O3. The molecule has 0 spiro atoms. The van der Waals surface area contributed by atoms with Crippen LogP contribution in [0.4, 0.5) is 0 Å². The lowest BCUT2D eigenvalue weighted by Crippen LogP contribution is -2.08. The maximum Gasteiger partial charge on any atom is 0.373 e. The number of methoxy groups -OCH3 is 1. The predicted molar refractivity (Wildman–Crippen MR) is 79.1 cm³/mol. The summed E-state index contributed by atoms with van der Waals surface area (Å²) in [7, 11) is 1.28. The molecule has 1 radical (unpaired) electrons. The molecule has 3 heteroatoms. The van der Waals surface area contributed by atoms with Crippen molar-refractivity contribution >= 4 is 5.97 Å². The Morgan fingerprint density at radius 2 is 1.45 bits per heavy atom. The van der Waals surface area contributed by atoms with E-state index in [1.165, 1.54) is 7.11 Å². The molecule has 0 bridgehead atoms. The number of hydrogen-bond donors (Lipinski definition) is 0. The molecule has 0 aliphatic heterocycles. The van der Waals surface area contributed by atoms with Gasteiger partial charge in [0.15, 0.2) is 0 Å². The molecule has 0 N–H and O–H groups in total. The predicted octanol–water partition coefficient (Wildman–Crippen LogP) is 3.62. The first kappa shape index (κ1) is 15.5. The first-order valence-electron chi connectivity index (χ1n) is 6.00. The number of ether oxygens (including phenoxy) is 2. The molecule has 0 aromatic heterocycles. The maximum absolute atomic E-state index is 10.9. The number of para-hydroxylation sites is 1. The molecule has 3 nitrogen and oxygen atoms in total. The van der Waals surface area contributed by atoms with Crippen LogP contribution in [-0.2, 0) is 9.53 Å². The van der Waals surface area contributed by atoms with Crippen molar-refractivity contribution < 1.29 is 14.3 Å². The summed E-state index contributed by atoms with van der Waals surface area (Å²) in [6.07, 6.45) is 0. The molecule has 0 amide bonds. The van der Waals surface area contributed by atoms with Crippen LogP contribution in [0.3, 0.4) is 0 Å². The average molecular weight is 269 g/mol. The third-order valence-corrected chi connectivity index (χ3v) is 2.24. The highest BCUT2D eigenvalue weighted by molar-refractivity contribution is 5.85. The molecule has 0 heterocycles. The fraction of sp³-hybridized carbons (Fsp3) is 0.0588. The monoisotopic (exact) mass is 269 g/mol. The van der Waals surface area contributed by atoms with E-state index in [1.54, 1.807) is 24.3 Å². The van der Waals surface area contributed by atoms with E-state index in [1.807, 2.05) is 36.4 Å². The minimum atomic E-state index is -0.566. The van der Waals surface area contributed by atoms with E-state index in [4.69, 9.17) is 4.74 Å². The van der Waals surface area contributed by atoms with Gasteiger partial charge in [-0.25, -0.2) is 4.79 Å². The van der Waals surface area contributed by atoms with Crippen molar-refractivity contribution in [3.63, 3.8) is 0 Å². The summed E-state index contributed by atoms with van der Waals surface area (Å²) in [5.74, 6) is -0.0181. The molecule has 103 valence electrons. The quantitative estimate of drug-likeness (QED) is 0.485. The second kappa shape index (κ2) is 8.53. The number of esters is 1. The highest BCUT2D eigenvalue weighted by Gasteiger charge is 2.07. The van der Waals surface area contributed by atoms with Gasteiger partial charge in [-0.2, -0.15) is 0 Å². The number of benzene rings is 2. The van der Waals surface area contributed by atoms with Crippen LogP contribution in [-0.4, -0.2) is 13.1 Å². The van der Waals surface area contributed by atoms with Crippen LogP contribution < -0.4 is 4.74 Å². The highest BCUT2D eigenvalue weighted by atomic mass is 16.6. The lowest BCUT2D eigenvalue weighted by atomic mass is 10.2. The Kier molecular flexibility index (Phi) is 6.62. The van der Waals surface area contributed by atoms with E-state index in [0.29, 0.717) is 5.75 Å². The van der Waals surface area contributed by atoms with Gasteiger partial charge in [-0.3, -0.25) is 0 Å². The molecule has 0 unspecified atom stereocenters. The summed E-state index contributed by atoms with van der Waals surface area (Å²) in [5.41, 5.74) is 1.07. The van der Waals surface area contributed by atoms with E-state index in [9.17, 15) is 4.79 Å². The summed E-state index contributed by atoms with van der Waals surface area (Å²) in [5, 5.41) is 0. The fourth-order valence-electron chi connectivity index (χ4n) is 1.26. The number of carbonyl (C=O) groups excluding carboxylic acids is 1. The van der Waals surface area contributed by atoms with Gasteiger partial charge >= 0.3 is 5.97 Å². The zero-order valence-electron chi connectivity index (χ0n) is 11.4. The van der Waals surface area contributed by atoms with Crippen LogP contribution in [0.1, 0.15) is 5.56 Å². The Morgan fingerprint density at radius 1 is 0.950 bits per heavy atom. The van der Waals surface area contributed by atoms with E-state index in [2.05, 4.69) is 18.2 Å². The van der Waals surface area contributed by atoms with Crippen LogP contribution in [0, 0.1) is 6.92 Å². The molecule has 2 aromatic carbocycles. The summed E-state index contributed by atoms with van der Waals surface area (Å²) in [6, 6.07) is 18.8. The van der Waals surface area contributed by atoms with Crippen LogP contribution >= 0.6 is 0 Å². The molecule has 0 saturated heterocycles. The van der Waals surface area contributed by atoms with Gasteiger partial charge in [-0.15, -0.1) is 0 Å². The Morgan fingerprint density at radius 3 is 1.85 bits per heavy atom.